The van der Waals surface area contributed by atoms with Gasteiger partial charge in [0.25, 0.3) is 0 Å². The molecule has 1 aromatic heterocycles. The number of fused-ring (bicyclic) bond motifs is 1. The van der Waals surface area contributed by atoms with Crippen LogP contribution in [-0.2, 0) is 6.73 Å². The van der Waals surface area contributed by atoms with Gasteiger partial charge in [0.1, 0.15) is 12.5 Å². The van der Waals surface area contributed by atoms with Gasteiger partial charge in [0.2, 0.25) is 0 Å². The van der Waals surface area contributed by atoms with Crippen LogP contribution in [-0.4, -0.2) is 9.67 Å². The van der Waals surface area contributed by atoms with E-state index in [0.29, 0.717) is 5.52 Å². The fourth-order valence-electron chi connectivity index (χ4n) is 1.33. The minimum atomic E-state index is -0.299. The maximum absolute atomic E-state index is 13.1. The van der Waals surface area contributed by atoms with E-state index in [2.05, 4.69) is 0 Å². The van der Waals surface area contributed by atoms with Gasteiger partial charge in [0.05, 0.1) is 5.52 Å². The Bertz CT molecular complexity index is 408. The summed E-state index contributed by atoms with van der Waals surface area (Å²) in [4.78, 5) is 0. The number of hydrogen-bond donors (Lipinski definition) is 1. The fourth-order valence-corrected chi connectivity index (χ4v) is 1.33. The zero-order chi connectivity index (χ0) is 8.55. The van der Waals surface area contributed by atoms with Gasteiger partial charge in [0.15, 0.2) is 0 Å². The summed E-state index contributed by atoms with van der Waals surface area (Å²) >= 11 is 0. The molecule has 12 heavy (non-hydrogen) atoms. The van der Waals surface area contributed by atoms with Gasteiger partial charge < -0.3 is 9.67 Å². The first-order chi connectivity index (χ1) is 5.83. The van der Waals surface area contributed by atoms with Crippen LogP contribution in [0.15, 0.2) is 30.5 Å². The normalized spacial score (nSPS) is 10.8. The van der Waals surface area contributed by atoms with Crippen molar-refractivity contribution in [3.63, 3.8) is 0 Å². The van der Waals surface area contributed by atoms with Crippen LogP contribution in [0.3, 0.4) is 0 Å². The molecule has 0 amide bonds. The van der Waals surface area contributed by atoms with Crippen molar-refractivity contribution in [3.8, 4) is 0 Å². The Morgan fingerprint density at radius 2 is 2.17 bits per heavy atom. The zero-order valence-corrected chi connectivity index (χ0v) is 6.37. The highest BCUT2D eigenvalue weighted by atomic mass is 19.1. The Kier molecular flexibility index (Phi) is 1.59. The standard InChI is InChI=1S/C9H8FNO/c10-8-3-1-2-7-4-5-11(6-12)9(7)8/h1-5,12H,6H2. The lowest BCUT2D eigenvalue weighted by atomic mass is 10.2. The molecule has 0 spiro atoms. The predicted molar refractivity (Wildman–Crippen MR) is 44.1 cm³/mol. The summed E-state index contributed by atoms with van der Waals surface area (Å²) in [6.45, 7) is -0.190. The van der Waals surface area contributed by atoms with Crippen LogP contribution in [0.5, 0.6) is 0 Å². The summed E-state index contributed by atoms with van der Waals surface area (Å²) in [6.07, 6.45) is 1.66. The van der Waals surface area contributed by atoms with Gasteiger partial charge in [0, 0.05) is 11.6 Å². The van der Waals surface area contributed by atoms with E-state index in [9.17, 15) is 4.39 Å². The molecule has 1 heterocycles. The second-order valence-electron chi connectivity index (χ2n) is 2.60. The van der Waals surface area contributed by atoms with E-state index in [0.717, 1.165) is 5.39 Å². The molecular formula is C9H8FNO. The molecule has 0 aliphatic rings. The van der Waals surface area contributed by atoms with Crippen LogP contribution in [0.2, 0.25) is 0 Å². The van der Waals surface area contributed by atoms with Crippen molar-refractivity contribution >= 4 is 10.9 Å². The number of aliphatic hydroxyl groups excluding tert-OH is 1. The van der Waals surface area contributed by atoms with E-state index in [-0.39, 0.29) is 12.5 Å². The number of benzene rings is 1. The highest BCUT2D eigenvalue weighted by molar-refractivity contribution is 5.80. The molecule has 0 atom stereocenters. The van der Waals surface area contributed by atoms with Crippen molar-refractivity contribution in [2.75, 3.05) is 0 Å². The third kappa shape index (κ3) is 0.905. The van der Waals surface area contributed by atoms with E-state index in [1.165, 1.54) is 10.6 Å². The Balaban J connectivity index is 2.83. The van der Waals surface area contributed by atoms with Crippen LogP contribution in [0, 0.1) is 5.82 Å². The lowest BCUT2D eigenvalue weighted by Gasteiger charge is -1.99. The largest absolute Gasteiger partial charge is 0.376 e. The fraction of sp³-hybridized carbons (Fsp3) is 0.111. The highest BCUT2D eigenvalue weighted by Crippen LogP contribution is 2.18. The number of aromatic nitrogens is 1. The first-order valence-corrected chi connectivity index (χ1v) is 3.67. The summed E-state index contributed by atoms with van der Waals surface area (Å²) in [5, 5.41) is 9.65. The summed E-state index contributed by atoms with van der Waals surface area (Å²) in [6, 6.07) is 6.62. The highest BCUT2D eigenvalue weighted by Gasteiger charge is 2.03. The molecule has 62 valence electrons. The number of rotatable bonds is 1. The van der Waals surface area contributed by atoms with E-state index in [4.69, 9.17) is 5.11 Å². The van der Waals surface area contributed by atoms with Gasteiger partial charge in [-0.3, -0.25) is 0 Å². The van der Waals surface area contributed by atoms with Crippen molar-refractivity contribution in [1.82, 2.24) is 4.57 Å². The SMILES string of the molecule is OCn1ccc2cccc(F)c21. The molecule has 2 rings (SSSR count). The monoisotopic (exact) mass is 165 g/mol. The first kappa shape index (κ1) is 7.31. The van der Waals surface area contributed by atoms with Gasteiger partial charge in [-0.2, -0.15) is 0 Å². The predicted octanol–water partition coefficient (Wildman–Crippen LogP) is 1.73. The summed E-state index contributed by atoms with van der Waals surface area (Å²) in [5.74, 6) is -0.299. The van der Waals surface area contributed by atoms with Crippen LogP contribution in [0.1, 0.15) is 0 Å². The van der Waals surface area contributed by atoms with Crippen molar-refractivity contribution < 1.29 is 9.50 Å². The van der Waals surface area contributed by atoms with E-state index in [1.807, 2.05) is 6.07 Å². The maximum Gasteiger partial charge on any atom is 0.147 e. The van der Waals surface area contributed by atoms with Gasteiger partial charge >= 0.3 is 0 Å². The minimum Gasteiger partial charge on any atom is -0.376 e. The average molecular weight is 165 g/mol. The lowest BCUT2D eigenvalue weighted by molar-refractivity contribution is 0.214. The Morgan fingerprint density at radius 3 is 2.92 bits per heavy atom. The quantitative estimate of drug-likeness (QED) is 0.684. The Labute approximate surface area is 68.9 Å². The molecule has 0 unspecified atom stereocenters. The number of aliphatic hydroxyl groups is 1. The number of para-hydroxylation sites is 1. The van der Waals surface area contributed by atoms with Gasteiger partial charge in [-0.15, -0.1) is 0 Å². The molecule has 0 aliphatic heterocycles. The molecule has 2 aromatic rings. The summed E-state index contributed by atoms with van der Waals surface area (Å²) in [7, 11) is 0. The van der Waals surface area contributed by atoms with Gasteiger partial charge in [-0.1, -0.05) is 12.1 Å². The van der Waals surface area contributed by atoms with Gasteiger partial charge in [-0.25, -0.2) is 4.39 Å². The molecule has 0 bridgehead atoms. The van der Waals surface area contributed by atoms with Crippen molar-refractivity contribution in [3.05, 3.63) is 36.3 Å². The van der Waals surface area contributed by atoms with Crippen LogP contribution in [0.4, 0.5) is 4.39 Å². The molecule has 0 saturated heterocycles. The molecule has 0 saturated carbocycles. The van der Waals surface area contributed by atoms with E-state index < -0.39 is 0 Å². The number of halogens is 1. The maximum atomic E-state index is 13.1. The average Bonchev–Trinajstić information content (AvgIpc) is 2.49. The summed E-state index contributed by atoms with van der Waals surface area (Å²) < 4.78 is 14.6. The van der Waals surface area contributed by atoms with E-state index in [1.54, 1.807) is 18.3 Å². The molecule has 1 N–H and O–H groups in total. The molecular weight excluding hydrogens is 157 g/mol. The first-order valence-electron chi connectivity index (χ1n) is 3.67. The Hall–Kier alpha value is -1.35. The topological polar surface area (TPSA) is 25.2 Å². The Morgan fingerprint density at radius 1 is 1.33 bits per heavy atom. The smallest absolute Gasteiger partial charge is 0.147 e. The van der Waals surface area contributed by atoms with Crippen LogP contribution in [0.25, 0.3) is 10.9 Å². The second-order valence-corrected chi connectivity index (χ2v) is 2.60. The third-order valence-corrected chi connectivity index (χ3v) is 1.89. The molecule has 0 fully saturated rings. The third-order valence-electron chi connectivity index (χ3n) is 1.89. The second kappa shape index (κ2) is 2.60. The van der Waals surface area contributed by atoms with Crippen LogP contribution >= 0.6 is 0 Å². The summed E-state index contributed by atoms with van der Waals surface area (Å²) in [5.41, 5.74) is 0.458. The molecule has 1 aromatic carbocycles. The number of nitrogens with zero attached hydrogens (tertiary/aromatic N) is 1. The molecule has 2 nitrogen and oxygen atoms in total. The van der Waals surface area contributed by atoms with Crippen molar-refractivity contribution in [1.29, 1.82) is 0 Å². The van der Waals surface area contributed by atoms with Gasteiger partial charge in [-0.05, 0) is 12.1 Å². The zero-order valence-electron chi connectivity index (χ0n) is 6.37. The van der Waals surface area contributed by atoms with Crippen molar-refractivity contribution in [2.45, 2.75) is 6.73 Å². The lowest BCUT2D eigenvalue weighted by Crippen LogP contribution is -1.95. The molecule has 0 aliphatic carbocycles. The number of hydrogen-bond acceptors (Lipinski definition) is 1. The van der Waals surface area contributed by atoms with E-state index >= 15 is 0 Å². The minimum absolute atomic E-state index is 0.190. The van der Waals surface area contributed by atoms with Crippen LogP contribution < -0.4 is 0 Å². The molecule has 0 radical (unpaired) electrons. The van der Waals surface area contributed by atoms with Crippen molar-refractivity contribution in [2.24, 2.45) is 0 Å². The molecule has 3 heteroatoms.